The van der Waals surface area contributed by atoms with Crippen LogP contribution in [0.2, 0.25) is 0 Å². The summed E-state index contributed by atoms with van der Waals surface area (Å²) in [6.07, 6.45) is 1.21. The van der Waals surface area contributed by atoms with Gasteiger partial charge in [0.1, 0.15) is 0 Å². The van der Waals surface area contributed by atoms with E-state index in [2.05, 4.69) is 64.9 Å². The Morgan fingerprint density at radius 2 is 2.20 bits per heavy atom. The fraction of sp³-hybridized carbons (Fsp3) is 0.500. The van der Waals surface area contributed by atoms with Crippen LogP contribution in [0.15, 0.2) is 18.2 Å². The van der Waals surface area contributed by atoms with Crippen LogP contribution in [-0.2, 0) is 0 Å². The third kappa shape index (κ3) is 2.38. The number of hydrogen-bond acceptors (Lipinski definition) is 2. The molecule has 0 radical (unpaired) electrons. The maximum absolute atomic E-state index is 3.50. The van der Waals surface area contributed by atoms with E-state index in [9.17, 15) is 0 Å². The molecule has 1 aliphatic rings. The maximum atomic E-state index is 3.50. The van der Waals surface area contributed by atoms with E-state index in [4.69, 9.17) is 0 Å². The lowest BCUT2D eigenvalue weighted by molar-refractivity contribution is 0.672. The Labute approximate surface area is 105 Å². The van der Waals surface area contributed by atoms with Crippen molar-refractivity contribution in [3.63, 3.8) is 0 Å². The summed E-state index contributed by atoms with van der Waals surface area (Å²) < 4.78 is 1.30. The molecule has 3 heteroatoms. The first-order valence-electron chi connectivity index (χ1n) is 5.48. The Balaban J connectivity index is 2.40. The zero-order valence-electron chi connectivity index (χ0n) is 9.26. The zero-order chi connectivity index (χ0) is 10.8. The van der Waals surface area contributed by atoms with Crippen LogP contribution in [-0.4, -0.2) is 19.1 Å². The molecule has 15 heavy (non-hydrogen) atoms. The Morgan fingerprint density at radius 1 is 1.40 bits per heavy atom. The predicted molar refractivity (Wildman–Crippen MR) is 74.7 cm³/mol. The SMILES string of the molecule is CC(C)N1CCCNc2cc(I)ccc21. The lowest BCUT2D eigenvalue weighted by Gasteiger charge is -2.28. The van der Waals surface area contributed by atoms with Crippen molar-refractivity contribution in [1.82, 2.24) is 0 Å². The van der Waals surface area contributed by atoms with Crippen molar-refractivity contribution < 1.29 is 0 Å². The van der Waals surface area contributed by atoms with Crippen LogP contribution >= 0.6 is 22.6 Å². The molecule has 0 bridgehead atoms. The quantitative estimate of drug-likeness (QED) is 0.800. The molecule has 1 heterocycles. The van der Waals surface area contributed by atoms with E-state index < -0.39 is 0 Å². The van der Waals surface area contributed by atoms with Gasteiger partial charge < -0.3 is 10.2 Å². The van der Waals surface area contributed by atoms with Gasteiger partial charge in [0.05, 0.1) is 11.4 Å². The molecule has 0 amide bonds. The van der Waals surface area contributed by atoms with Crippen LogP contribution in [0.5, 0.6) is 0 Å². The molecule has 1 aromatic carbocycles. The summed E-state index contributed by atoms with van der Waals surface area (Å²) in [6.45, 7) is 6.74. The first-order valence-corrected chi connectivity index (χ1v) is 6.56. The largest absolute Gasteiger partial charge is 0.383 e. The van der Waals surface area contributed by atoms with Crippen molar-refractivity contribution in [2.45, 2.75) is 26.3 Å². The van der Waals surface area contributed by atoms with Crippen LogP contribution in [0.4, 0.5) is 11.4 Å². The molecule has 0 saturated heterocycles. The lowest BCUT2D eigenvalue weighted by atomic mass is 10.2. The van der Waals surface area contributed by atoms with E-state index in [0.29, 0.717) is 6.04 Å². The third-order valence-corrected chi connectivity index (χ3v) is 3.45. The van der Waals surface area contributed by atoms with E-state index in [0.717, 1.165) is 13.1 Å². The van der Waals surface area contributed by atoms with Gasteiger partial charge in [0.25, 0.3) is 0 Å². The monoisotopic (exact) mass is 316 g/mol. The average Bonchev–Trinajstić information content (AvgIpc) is 2.38. The van der Waals surface area contributed by atoms with Gasteiger partial charge in [0.15, 0.2) is 0 Å². The molecule has 0 aromatic heterocycles. The molecule has 1 aromatic rings. The minimum absolute atomic E-state index is 0.573. The van der Waals surface area contributed by atoms with Gasteiger partial charge >= 0.3 is 0 Å². The number of nitrogens with zero attached hydrogens (tertiary/aromatic N) is 1. The van der Waals surface area contributed by atoms with Crippen LogP contribution in [0.3, 0.4) is 0 Å². The van der Waals surface area contributed by atoms with Crippen molar-refractivity contribution in [3.05, 3.63) is 21.8 Å². The van der Waals surface area contributed by atoms with Gasteiger partial charge in [-0.05, 0) is 61.1 Å². The highest BCUT2D eigenvalue weighted by atomic mass is 127. The van der Waals surface area contributed by atoms with E-state index in [1.807, 2.05) is 0 Å². The second-order valence-electron chi connectivity index (χ2n) is 4.23. The highest BCUT2D eigenvalue weighted by Crippen LogP contribution is 2.31. The third-order valence-electron chi connectivity index (χ3n) is 2.78. The zero-order valence-corrected chi connectivity index (χ0v) is 11.4. The highest BCUT2D eigenvalue weighted by Gasteiger charge is 2.16. The van der Waals surface area contributed by atoms with Crippen LogP contribution in [0.1, 0.15) is 20.3 Å². The topological polar surface area (TPSA) is 15.3 Å². The van der Waals surface area contributed by atoms with Gasteiger partial charge in [-0.15, -0.1) is 0 Å². The Bertz CT molecular complexity index is 349. The fourth-order valence-electron chi connectivity index (χ4n) is 2.03. The molecule has 82 valence electrons. The van der Waals surface area contributed by atoms with E-state index >= 15 is 0 Å². The van der Waals surface area contributed by atoms with Gasteiger partial charge in [-0.1, -0.05) is 0 Å². The smallest absolute Gasteiger partial charge is 0.0605 e. The molecule has 0 saturated carbocycles. The van der Waals surface area contributed by atoms with Gasteiger partial charge in [0.2, 0.25) is 0 Å². The fourth-order valence-corrected chi connectivity index (χ4v) is 2.52. The standard InChI is InChI=1S/C12H17IN2/c1-9(2)15-7-3-6-14-11-8-10(13)4-5-12(11)15/h4-5,8-9,14H,3,6-7H2,1-2H3. The summed E-state index contributed by atoms with van der Waals surface area (Å²) in [6, 6.07) is 7.22. The molecule has 0 spiro atoms. The Morgan fingerprint density at radius 3 is 2.93 bits per heavy atom. The number of halogens is 1. The second kappa shape index (κ2) is 4.60. The molecule has 0 unspecified atom stereocenters. The molecule has 0 atom stereocenters. The summed E-state index contributed by atoms with van der Waals surface area (Å²) >= 11 is 2.36. The van der Waals surface area contributed by atoms with Crippen molar-refractivity contribution in [1.29, 1.82) is 0 Å². The normalized spacial score (nSPS) is 15.9. The van der Waals surface area contributed by atoms with E-state index in [1.165, 1.54) is 21.4 Å². The highest BCUT2D eigenvalue weighted by molar-refractivity contribution is 14.1. The molecule has 0 fully saturated rings. The minimum atomic E-state index is 0.573. The Kier molecular flexibility index (Phi) is 3.38. The van der Waals surface area contributed by atoms with Crippen LogP contribution in [0, 0.1) is 3.57 Å². The minimum Gasteiger partial charge on any atom is -0.383 e. The second-order valence-corrected chi connectivity index (χ2v) is 5.47. The number of hydrogen-bond donors (Lipinski definition) is 1. The molecular weight excluding hydrogens is 299 g/mol. The van der Waals surface area contributed by atoms with E-state index in [-0.39, 0.29) is 0 Å². The molecule has 2 rings (SSSR count). The number of anilines is 2. The molecular formula is C12H17IN2. The summed E-state index contributed by atoms with van der Waals surface area (Å²) in [4.78, 5) is 2.48. The number of fused-ring (bicyclic) bond motifs is 1. The van der Waals surface area contributed by atoms with Gasteiger partial charge in [0, 0.05) is 22.7 Å². The van der Waals surface area contributed by atoms with Crippen molar-refractivity contribution in [2.24, 2.45) is 0 Å². The van der Waals surface area contributed by atoms with Gasteiger partial charge in [-0.3, -0.25) is 0 Å². The van der Waals surface area contributed by atoms with E-state index in [1.54, 1.807) is 0 Å². The maximum Gasteiger partial charge on any atom is 0.0605 e. The van der Waals surface area contributed by atoms with Gasteiger partial charge in [-0.2, -0.15) is 0 Å². The predicted octanol–water partition coefficient (Wildman–Crippen LogP) is 3.32. The van der Waals surface area contributed by atoms with Gasteiger partial charge in [-0.25, -0.2) is 0 Å². The molecule has 0 aliphatic carbocycles. The average molecular weight is 316 g/mol. The summed E-state index contributed by atoms with van der Waals surface area (Å²) in [5.41, 5.74) is 2.64. The van der Waals surface area contributed by atoms with Crippen LogP contribution in [0.25, 0.3) is 0 Å². The van der Waals surface area contributed by atoms with Crippen molar-refractivity contribution >= 4 is 34.0 Å². The first kappa shape index (κ1) is 11.0. The van der Waals surface area contributed by atoms with Crippen molar-refractivity contribution in [3.8, 4) is 0 Å². The summed E-state index contributed by atoms with van der Waals surface area (Å²) in [5.74, 6) is 0. The number of benzene rings is 1. The van der Waals surface area contributed by atoms with Crippen molar-refractivity contribution in [2.75, 3.05) is 23.3 Å². The lowest BCUT2D eigenvalue weighted by Crippen LogP contribution is -2.31. The number of rotatable bonds is 1. The number of nitrogens with one attached hydrogen (secondary N) is 1. The summed E-state index contributed by atoms with van der Waals surface area (Å²) in [5, 5.41) is 3.50. The van der Waals surface area contributed by atoms with Crippen LogP contribution < -0.4 is 10.2 Å². The summed E-state index contributed by atoms with van der Waals surface area (Å²) in [7, 11) is 0. The molecule has 1 N–H and O–H groups in total. The molecule has 2 nitrogen and oxygen atoms in total. The Hall–Kier alpha value is -0.450. The first-order chi connectivity index (χ1) is 7.18. The molecule has 1 aliphatic heterocycles.